The molecule has 1 saturated carbocycles. The minimum atomic E-state index is 0.186. The summed E-state index contributed by atoms with van der Waals surface area (Å²) in [5, 5.41) is 9.67. The van der Waals surface area contributed by atoms with Crippen molar-refractivity contribution in [1.29, 1.82) is 0 Å². The minimum absolute atomic E-state index is 0.186. The first-order valence-corrected chi connectivity index (χ1v) is 7.74. The highest BCUT2D eigenvalue weighted by Gasteiger charge is 2.36. The van der Waals surface area contributed by atoms with Crippen molar-refractivity contribution >= 4 is 0 Å². The number of likely N-dealkylation sites (tertiary alicyclic amines) is 1. The highest BCUT2D eigenvalue weighted by Crippen LogP contribution is 2.35. The fourth-order valence-electron chi connectivity index (χ4n) is 3.42. The second-order valence-corrected chi connectivity index (χ2v) is 6.64. The van der Waals surface area contributed by atoms with Gasteiger partial charge in [0.05, 0.1) is 6.61 Å². The van der Waals surface area contributed by atoms with Crippen molar-refractivity contribution < 1.29 is 5.11 Å². The molecule has 3 atom stereocenters. The lowest BCUT2D eigenvalue weighted by atomic mass is 9.89. The Morgan fingerprint density at radius 2 is 1.83 bits per heavy atom. The molecule has 1 aliphatic heterocycles. The topological polar surface area (TPSA) is 49.5 Å². The predicted octanol–water partition coefficient (Wildman–Crippen LogP) is 1.84. The zero-order chi connectivity index (χ0) is 13.1. The third-order valence-electron chi connectivity index (χ3n) is 5.02. The molecule has 1 heterocycles. The number of nitrogens with two attached hydrogens (primary N) is 1. The van der Waals surface area contributed by atoms with E-state index in [1.54, 1.807) is 0 Å². The van der Waals surface area contributed by atoms with E-state index in [4.69, 9.17) is 5.73 Å². The van der Waals surface area contributed by atoms with Crippen molar-refractivity contribution in [3.05, 3.63) is 0 Å². The van der Waals surface area contributed by atoms with Crippen LogP contribution < -0.4 is 5.73 Å². The summed E-state index contributed by atoms with van der Waals surface area (Å²) < 4.78 is 0. The van der Waals surface area contributed by atoms with Gasteiger partial charge in [0.2, 0.25) is 0 Å². The summed E-state index contributed by atoms with van der Waals surface area (Å²) in [7, 11) is 0. The number of hydrogen-bond donors (Lipinski definition) is 2. The average molecular weight is 254 g/mol. The lowest BCUT2D eigenvalue weighted by Gasteiger charge is -2.33. The molecule has 0 aromatic rings. The summed E-state index contributed by atoms with van der Waals surface area (Å²) >= 11 is 0. The Labute approximate surface area is 112 Å². The number of nitrogens with zero attached hydrogens (tertiary/aromatic N) is 1. The fraction of sp³-hybridized carbons (Fsp3) is 1.00. The van der Waals surface area contributed by atoms with Crippen molar-refractivity contribution in [2.45, 2.75) is 58.0 Å². The second-order valence-electron chi connectivity index (χ2n) is 6.64. The van der Waals surface area contributed by atoms with E-state index in [1.807, 2.05) is 0 Å². The van der Waals surface area contributed by atoms with E-state index in [2.05, 4.69) is 18.7 Å². The van der Waals surface area contributed by atoms with Crippen molar-refractivity contribution in [2.24, 2.45) is 23.5 Å². The molecule has 2 fully saturated rings. The van der Waals surface area contributed by atoms with Crippen LogP contribution in [0.15, 0.2) is 0 Å². The Morgan fingerprint density at radius 1 is 1.11 bits per heavy atom. The van der Waals surface area contributed by atoms with E-state index < -0.39 is 0 Å². The van der Waals surface area contributed by atoms with Gasteiger partial charge in [-0.15, -0.1) is 0 Å². The first kappa shape index (κ1) is 14.3. The molecule has 3 N–H and O–H groups in total. The maximum atomic E-state index is 9.67. The van der Waals surface area contributed by atoms with Gasteiger partial charge in [-0.05, 0) is 62.9 Å². The van der Waals surface area contributed by atoms with Crippen LogP contribution in [-0.4, -0.2) is 41.8 Å². The monoisotopic (exact) mass is 254 g/mol. The van der Waals surface area contributed by atoms with Crippen LogP contribution in [0, 0.1) is 17.8 Å². The van der Waals surface area contributed by atoms with E-state index in [9.17, 15) is 5.11 Å². The molecule has 18 heavy (non-hydrogen) atoms. The normalized spacial score (nSPS) is 30.2. The molecule has 0 radical (unpaired) electrons. The van der Waals surface area contributed by atoms with Crippen molar-refractivity contribution in [3.8, 4) is 0 Å². The summed E-state index contributed by atoms with van der Waals surface area (Å²) in [6.45, 7) is 7.13. The van der Waals surface area contributed by atoms with Crippen LogP contribution >= 0.6 is 0 Å². The van der Waals surface area contributed by atoms with Crippen LogP contribution in [0.25, 0.3) is 0 Å². The summed E-state index contributed by atoms with van der Waals surface area (Å²) in [5.41, 5.74) is 6.31. The van der Waals surface area contributed by atoms with E-state index in [-0.39, 0.29) is 18.7 Å². The average Bonchev–Trinajstić information content (AvgIpc) is 3.17. The van der Waals surface area contributed by atoms with Gasteiger partial charge in [0.25, 0.3) is 0 Å². The largest absolute Gasteiger partial charge is 0.395 e. The zero-order valence-corrected chi connectivity index (χ0v) is 12.0. The third-order valence-corrected chi connectivity index (χ3v) is 5.02. The standard InChI is InChI=1S/C15H30N2O/c1-11(2)12-4-3-8-17(9-7-12)14(10-18)15(16)13-5-6-13/h11-15,18H,3-10,16H2,1-2H3. The Kier molecular flexibility index (Phi) is 5.05. The molecule has 2 aliphatic rings. The highest BCUT2D eigenvalue weighted by atomic mass is 16.3. The number of rotatable bonds is 5. The molecule has 106 valence electrons. The van der Waals surface area contributed by atoms with Crippen LogP contribution in [0.2, 0.25) is 0 Å². The molecular formula is C15H30N2O. The van der Waals surface area contributed by atoms with E-state index >= 15 is 0 Å². The third kappa shape index (κ3) is 3.46. The molecular weight excluding hydrogens is 224 g/mol. The molecule has 1 aliphatic carbocycles. The summed E-state index contributed by atoms with van der Waals surface area (Å²) in [6.07, 6.45) is 6.40. The van der Waals surface area contributed by atoms with Gasteiger partial charge in [0.1, 0.15) is 0 Å². The van der Waals surface area contributed by atoms with Crippen molar-refractivity contribution in [1.82, 2.24) is 4.90 Å². The van der Waals surface area contributed by atoms with Gasteiger partial charge in [0, 0.05) is 12.1 Å². The molecule has 3 heteroatoms. The molecule has 3 unspecified atom stereocenters. The van der Waals surface area contributed by atoms with Crippen LogP contribution in [0.1, 0.15) is 46.0 Å². The quantitative estimate of drug-likeness (QED) is 0.787. The van der Waals surface area contributed by atoms with Crippen molar-refractivity contribution in [2.75, 3.05) is 19.7 Å². The first-order chi connectivity index (χ1) is 8.63. The van der Waals surface area contributed by atoms with Crippen LogP contribution in [0.5, 0.6) is 0 Å². The summed E-state index contributed by atoms with van der Waals surface area (Å²) in [4.78, 5) is 2.46. The molecule has 2 rings (SSSR count). The molecule has 0 aromatic heterocycles. The highest BCUT2D eigenvalue weighted by molar-refractivity contribution is 4.93. The smallest absolute Gasteiger partial charge is 0.0602 e. The van der Waals surface area contributed by atoms with E-state index in [1.165, 1.54) is 32.1 Å². The summed E-state index contributed by atoms with van der Waals surface area (Å²) in [5.74, 6) is 2.31. The molecule has 1 saturated heterocycles. The zero-order valence-electron chi connectivity index (χ0n) is 12.0. The second kappa shape index (κ2) is 6.36. The molecule has 0 aromatic carbocycles. The van der Waals surface area contributed by atoms with E-state index in [0.29, 0.717) is 5.92 Å². The van der Waals surface area contributed by atoms with Crippen LogP contribution in [-0.2, 0) is 0 Å². The molecule has 3 nitrogen and oxygen atoms in total. The van der Waals surface area contributed by atoms with E-state index in [0.717, 1.165) is 24.9 Å². The Morgan fingerprint density at radius 3 is 2.39 bits per heavy atom. The van der Waals surface area contributed by atoms with Gasteiger partial charge in [-0.1, -0.05) is 13.8 Å². The van der Waals surface area contributed by atoms with Gasteiger partial charge in [-0.2, -0.15) is 0 Å². The molecule has 0 amide bonds. The number of aliphatic hydroxyl groups is 1. The first-order valence-electron chi connectivity index (χ1n) is 7.74. The Bertz CT molecular complexity index is 253. The number of aliphatic hydroxyl groups excluding tert-OH is 1. The summed E-state index contributed by atoms with van der Waals surface area (Å²) in [6, 6.07) is 0.383. The Balaban J connectivity index is 1.90. The maximum absolute atomic E-state index is 9.67. The lowest BCUT2D eigenvalue weighted by Crippen LogP contribution is -2.51. The predicted molar refractivity (Wildman–Crippen MR) is 75.3 cm³/mol. The Hall–Kier alpha value is -0.120. The maximum Gasteiger partial charge on any atom is 0.0602 e. The number of hydrogen-bond acceptors (Lipinski definition) is 3. The van der Waals surface area contributed by atoms with Crippen molar-refractivity contribution in [3.63, 3.8) is 0 Å². The SMILES string of the molecule is CC(C)C1CCCN(C(CO)C(N)C2CC2)CC1. The fourth-order valence-corrected chi connectivity index (χ4v) is 3.42. The van der Waals surface area contributed by atoms with Gasteiger partial charge < -0.3 is 10.8 Å². The molecule has 0 bridgehead atoms. The lowest BCUT2D eigenvalue weighted by molar-refractivity contribution is 0.0994. The van der Waals surface area contributed by atoms with Gasteiger partial charge in [0.15, 0.2) is 0 Å². The van der Waals surface area contributed by atoms with Gasteiger partial charge in [-0.3, -0.25) is 4.90 Å². The molecule has 0 spiro atoms. The van der Waals surface area contributed by atoms with Gasteiger partial charge >= 0.3 is 0 Å². The van der Waals surface area contributed by atoms with Gasteiger partial charge in [-0.25, -0.2) is 0 Å². The van der Waals surface area contributed by atoms with Crippen LogP contribution in [0.3, 0.4) is 0 Å². The van der Waals surface area contributed by atoms with Crippen LogP contribution in [0.4, 0.5) is 0 Å². The minimum Gasteiger partial charge on any atom is -0.395 e.